The number of nitrogens with one attached hydrogen (secondary N) is 1. The van der Waals surface area contributed by atoms with E-state index in [-0.39, 0.29) is 5.97 Å². The number of ether oxygens (including phenoxy) is 2. The Morgan fingerprint density at radius 3 is 2.79 bits per heavy atom. The van der Waals surface area contributed by atoms with E-state index in [2.05, 4.69) is 19.9 Å². The zero-order valence-corrected chi connectivity index (χ0v) is 17.3. The highest BCUT2D eigenvalue weighted by atomic mass is 32.2. The number of carbonyl (C=O) groups excluding carboxylic acids is 1. The van der Waals surface area contributed by atoms with Gasteiger partial charge in [0.2, 0.25) is 0 Å². The van der Waals surface area contributed by atoms with Gasteiger partial charge in [0.05, 0.1) is 42.3 Å². The van der Waals surface area contributed by atoms with Gasteiger partial charge in [-0.25, -0.2) is 19.7 Å². The lowest BCUT2D eigenvalue weighted by molar-refractivity contribution is 0.0524. The number of nitrogens with zero attached hydrogens (tertiary/aromatic N) is 4. The molecule has 1 fully saturated rings. The number of para-hydroxylation sites is 2. The first-order valence-corrected chi connectivity index (χ1v) is 10.6. The number of carbonyl (C=O) groups is 1. The molecule has 0 radical (unpaired) electrons. The van der Waals surface area contributed by atoms with Crippen LogP contribution in [0.5, 0.6) is 0 Å². The smallest absolute Gasteiger partial charge is 0.343 e. The minimum Gasteiger partial charge on any atom is -0.462 e. The van der Waals surface area contributed by atoms with E-state index in [1.54, 1.807) is 6.92 Å². The topological polar surface area (TPSA) is 93.2 Å². The summed E-state index contributed by atoms with van der Waals surface area (Å²) in [5.74, 6) is 1.44. The van der Waals surface area contributed by atoms with Crippen molar-refractivity contribution in [3.05, 3.63) is 41.3 Å². The van der Waals surface area contributed by atoms with Crippen LogP contribution in [0.3, 0.4) is 0 Å². The highest BCUT2D eigenvalue weighted by Gasteiger charge is 2.25. The average molecular weight is 414 g/mol. The van der Waals surface area contributed by atoms with Crippen LogP contribution in [0.4, 0.5) is 5.82 Å². The van der Waals surface area contributed by atoms with Crippen molar-refractivity contribution in [2.24, 2.45) is 0 Å². The fraction of sp³-hybridized carbons (Fsp3) is 0.400. The third-order valence-electron chi connectivity index (χ3n) is 4.61. The van der Waals surface area contributed by atoms with Gasteiger partial charge in [-0.1, -0.05) is 23.9 Å². The summed E-state index contributed by atoms with van der Waals surface area (Å²) in [4.78, 5) is 31.8. The van der Waals surface area contributed by atoms with E-state index in [1.807, 2.05) is 31.2 Å². The zero-order chi connectivity index (χ0) is 20.2. The van der Waals surface area contributed by atoms with Gasteiger partial charge in [0.15, 0.2) is 5.16 Å². The van der Waals surface area contributed by atoms with E-state index in [9.17, 15) is 4.79 Å². The maximum atomic E-state index is 12.5. The number of aromatic nitrogens is 4. The molecule has 0 bridgehead atoms. The number of thioether (sulfide) groups is 1. The number of imidazole rings is 1. The van der Waals surface area contributed by atoms with Gasteiger partial charge in [-0.15, -0.1) is 0 Å². The Hall–Kier alpha value is -2.65. The van der Waals surface area contributed by atoms with E-state index < -0.39 is 0 Å². The van der Waals surface area contributed by atoms with E-state index in [0.717, 1.165) is 16.2 Å². The van der Waals surface area contributed by atoms with Crippen LogP contribution in [0.2, 0.25) is 0 Å². The first-order chi connectivity index (χ1) is 14.2. The number of hydrogen-bond donors (Lipinski definition) is 1. The number of benzene rings is 1. The Balaban J connectivity index is 1.60. The van der Waals surface area contributed by atoms with Gasteiger partial charge in [-0.2, -0.15) is 0 Å². The molecule has 1 N–H and O–H groups in total. The molecule has 0 unspecified atom stereocenters. The van der Waals surface area contributed by atoms with Crippen molar-refractivity contribution in [2.45, 2.75) is 24.8 Å². The van der Waals surface area contributed by atoms with Crippen molar-refractivity contribution in [3.8, 4) is 0 Å². The molecule has 3 aromatic rings. The van der Waals surface area contributed by atoms with Crippen LogP contribution in [-0.2, 0) is 15.2 Å². The highest BCUT2D eigenvalue weighted by Crippen LogP contribution is 2.26. The molecule has 0 saturated carbocycles. The van der Waals surface area contributed by atoms with Gasteiger partial charge >= 0.3 is 5.97 Å². The highest BCUT2D eigenvalue weighted by molar-refractivity contribution is 7.98. The monoisotopic (exact) mass is 413 g/mol. The molecule has 29 heavy (non-hydrogen) atoms. The predicted octanol–water partition coefficient (Wildman–Crippen LogP) is 2.97. The normalized spacial score (nSPS) is 14.3. The third-order valence-corrected chi connectivity index (χ3v) is 5.48. The van der Waals surface area contributed by atoms with Crippen molar-refractivity contribution in [2.75, 3.05) is 37.8 Å². The van der Waals surface area contributed by atoms with E-state index in [4.69, 9.17) is 14.5 Å². The quantitative estimate of drug-likeness (QED) is 0.487. The van der Waals surface area contributed by atoms with Crippen LogP contribution in [0.15, 0.2) is 29.4 Å². The molecule has 0 spiro atoms. The maximum Gasteiger partial charge on any atom is 0.343 e. The first kappa shape index (κ1) is 19.7. The second-order valence-corrected chi connectivity index (χ2v) is 7.56. The maximum absolute atomic E-state index is 12.5. The lowest BCUT2D eigenvalue weighted by Gasteiger charge is -2.29. The minimum absolute atomic E-state index is 0.310. The number of fused-ring (bicyclic) bond motifs is 1. The summed E-state index contributed by atoms with van der Waals surface area (Å²) in [5.41, 5.74) is 2.99. The molecule has 0 aliphatic carbocycles. The molecule has 4 rings (SSSR count). The summed E-state index contributed by atoms with van der Waals surface area (Å²) in [6, 6.07) is 7.91. The average Bonchev–Trinajstić information content (AvgIpc) is 3.15. The van der Waals surface area contributed by atoms with Crippen molar-refractivity contribution in [3.63, 3.8) is 0 Å². The van der Waals surface area contributed by atoms with Crippen LogP contribution in [0.25, 0.3) is 11.0 Å². The Morgan fingerprint density at radius 2 is 2.03 bits per heavy atom. The lowest BCUT2D eigenvalue weighted by Crippen LogP contribution is -2.38. The van der Waals surface area contributed by atoms with Crippen LogP contribution in [-0.4, -0.2) is 58.8 Å². The minimum atomic E-state index is -0.386. The summed E-state index contributed by atoms with van der Waals surface area (Å²) in [6.45, 7) is 6.50. The summed E-state index contributed by atoms with van der Waals surface area (Å²) >= 11 is 1.54. The van der Waals surface area contributed by atoms with Crippen LogP contribution in [0, 0.1) is 6.92 Å². The molecule has 1 aliphatic rings. The molecule has 1 saturated heterocycles. The van der Waals surface area contributed by atoms with E-state index in [0.29, 0.717) is 61.6 Å². The summed E-state index contributed by atoms with van der Waals surface area (Å²) in [6.07, 6.45) is 0. The number of hydrogen-bond acceptors (Lipinski definition) is 8. The SMILES string of the molecule is CCOC(=O)c1c(C)nc(CSc2nc3ccccc3[nH]2)nc1N1CCOCC1. The Morgan fingerprint density at radius 1 is 1.24 bits per heavy atom. The number of H-pyrrole nitrogens is 1. The summed E-state index contributed by atoms with van der Waals surface area (Å²) < 4.78 is 10.7. The number of esters is 1. The molecule has 1 aromatic carbocycles. The molecule has 3 heterocycles. The van der Waals surface area contributed by atoms with Crippen molar-refractivity contribution >= 4 is 34.6 Å². The zero-order valence-electron chi connectivity index (χ0n) is 16.5. The van der Waals surface area contributed by atoms with E-state index in [1.165, 1.54) is 11.8 Å². The number of aryl methyl sites for hydroxylation is 1. The molecule has 9 heteroatoms. The molecule has 0 amide bonds. The molecule has 1 aliphatic heterocycles. The molecule has 8 nitrogen and oxygen atoms in total. The largest absolute Gasteiger partial charge is 0.462 e. The van der Waals surface area contributed by atoms with Crippen LogP contribution >= 0.6 is 11.8 Å². The second-order valence-electron chi connectivity index (χ2n) is 6.59. The molecule has 152 valence electrons. The summed E-state index contributed by atoms with van der Waals surface area (Å²) in [5, 5.41) is 0.815. The fourth-order valence-electron chi connectivity index (χ4n) is 3.26. The Kier molecular flexibility index (Phi) is 5.96. The lowest BCUT2D eigenvalue weighted by atomic mass is 10.2. The van der Waals surface area contributed by atoms with Crippen molar-refractivity contribution in [1.29, 1.82) is 0 Å². The van der Waals surface area contributed by atoms with Crippen LogP contribution in [0.1, 0.15) is 28.8 Å². The molecular weight excluding hydrogens is 390 g/mol. The van der Waals surface area contributed by atoms with Gasteiger partial charge in [0.1, 0.15) is 17.2 Å². The third kappa shape index (κ3) is 4.35. The number of rotatable bonds is 6. The molecule has 2 aromatic heterocycles. The summed E-state index contributed by atoms with van der Waals surface area (Å²) in [7, 11) is 0. The number of aromatic amines is 1. The molecular formula is C20H23N5O3S. The van der Waals surface area contributed by atoms with E-state index >= 15 is 0 Å². The van der Waals surface area contributed by atoms with Crippen molar-refractivity contribution < 1.29 is 14.3 Å². The predicted molar refractivity (Wildman–Crippen MR) is 111 cm³/mol. The molecule has 0 atom stereocenters. The Bertz CT molecular complexity index is 984. The Labute approximate surface area is 173 Å². The van der Waals surface area contributed by atoms with Gasteiger partial charge in [-0.05, 0) is 26.0 Å². The van der Waals surface area contributed by atoms with Crippen molar-refractivity contribution in [1.82, 2.24) is 19.9 Å². The standard InChI is InChI=1S/C20H23N5O3S/c1-3-28-19(26)17-13(2)21-16(24-18(17)25-8-10-27-11-9-25)12-29-20-22-14-6-4-5-7-15(14)23-20/h4-7H,3,8-12H2,1-2H3,(H,22,23). The van der Waals surface area contributed by atoms with Gasteiger partial charge in [-0.3, -0.25) is 0 Å². The van der Waals surface area contributed by atoms with Gasteiger partial charge < -0.3 is 19.4 Å². The van der Waals surface area contributed by atoms with Gasteiger partial charge in [0, 0.05) is 13.1 Å². The second kappa shape index (κ2) is 8.79. The number of anilines is 1. The van der Waals surface area contributed by atoms with Gasteiger partial charge in [0.25, 0.3) is 0 Å². The van der Waals surface area contributed by atoms with Crippen LogP contribution < -0.4 is 4.90 Å². The first-order valence-electron chi connectivity index (χ1n) is 9.60. The fourth-order valence-corrected chi connectivity index (χ4v) is 4.00. The number of morpholine rings is 1.